The predicted octanol–water partition coefficient (Wildman–Crippen LogP) is 2.97. The minimum atomic E-state index is -0.223. The van der Waals surface area contributed by atoms with Crippen LogP contribution in [0, 0.1) is 11.7 Å². The lowest BCUT2D eigenvalue weighted by Crippen LogP contribution is -2.19. The Morgan fingerprint density at radius 1 is 1.26 bits per heavy atom. The Bertz CT molecular complexity index is 529. The van der Waals surface area contributed by atoms with Crippen LogP contribution in [-0.2, 0) is 13.6 Å². The molecule has 0 aliphatic rings. The number of aromatic nitrogens is 2. The van der Waals surface area contributed by atoms with Crippen molar-refractivity contribution in [3.8, 4) is 11.3 Å². The van der Waals surface area contributed by atoms with E-state index in [4.69, 9.17) is 0 Å². The molecule has 2 rings (SSSR count). The van der Waals surface area contributed by atoms with E-state index in [2.05, 4.69) is 24.3 Å². The van der Waals surface area contributed by atoms with Gasteiger partial charge in [-0.05, 0) is 36.7 Å². The molecule has 0 amide bonds. The maximum Gasteiger partial charge on any atom is 0.123 e. The van der Waals surface area contributed by atoms with Crippen LogP contribution in [0.25, 0.3) is 11.3 Å². The molecule has 1 N–H and O–H groups in total. The summed E-state index contributed by atoms with van der Waals surface area (Å²) >= 11 is 0. The number of hydrogen-bond donors (Lipinski definition) is 1. The highest BCUT2D eigenvalue weighted by Gasteiger charge is 2.10. The van der Waals surface area contributed by atoms with E-state index >= 15 is 0 Å². The Hall–Kier alpha value is -1.68. The zero-order valence-corrected chi connectivity index (χ0v) is 11.7. The van der Waals surface area contributed by atoms with Gasteiger partial charge in [-0.25, -0.2) is 4.39 Å². The van der Waals surface area contributed by atoms with E-state index in [0.29, 0.717) is 5.92 Å². The maximum absolute atomic E-state index is 13.0. The number of benzene rings is 1. The van der Waals surface area contributed by atoms with E-state index < -0.39 is 0 Å². The van der Waals surface area contributed by atoms with Crippen molar-refractivity contribution in [3.63, 3.8) is 0 Å². The van der Waals surface area contributed by atoms with Gasteiger partial charge in [-0.3, -0.25) is 4.68 Å². The smallest absolute Gasteiger partial charge is 0.123 e. The summed E-state index contributed by atoms with van der Waals surface area (Å²) < 4.78 is 14.8. The topological polar surface area (TPSA) is 29.9 Å². The molecule has 0 aliphatic heterocycles. The summed E-state index contributed by atoms with van der Waals surface area (Å²) in [6.07, 6.45) is 2.01. The Kier molecular flexibility index (Phi) is 4.32. The number of nitrogens with zero attached hydrogens (tertiary/aromatic N) is 2. The second-order valence-electron chi connectivity index (χ2n) is 5.21. The van der Waals surface area contributed by atoms with E-state index in [1.54, 1.807) is 16.8 Å². The molecule has 0 bridgehead atoms. The van der Waals surface area contributed by atoms with Crippen LogP contribution in [0.1, 0.15) is 19.4 Å². The molecule has 0 saturated carbocycles. The number of hydrogen-bond acceptors (Lipinski definition) is 2. The first-order valence-electron chi connectivity index (χ1n) is 6.55. The van der Waals surface area contributed by atoms with E-state index in [1.165, 1.54) is 12.1 Å². The molecular formula is C15H20FN3. The second-order valence-corrected chi connectivity index (χ2v) is 5.21. The second kappa shape index (κ2) is 5.97. The third kappa shape index (κ3) is 3.64. The Balaban J connectivity index is 2.18. The van der Waals surface area contributed by atoms with Crippen molar-refractivity contribution < 1.29 is 4.39 Å². The molecule has 0 radical (unpaired) electrons. The monoisotopic (exact) mass is 261 g/mol. The summed E-state index contributed by atoms with van der Waals surface area (Å²) in [6.45, 7) is 6.10. The Labute approximate surface area is 113 Å². The van der Waals surface area contributed by atoms with Gasteiger partial charge in [-0.15, -0.1) is 0 Å². The normalized spacial score (nSPS) is 11.2. The predicted molar refractivity (Wildman–Crippen MR) is 75.1 cm³/mol. The standard InChI is InChI=1S/C15H20FN3/c1-11(2)8-17-9-13-10-19(3)18-15(13)12-4-6-14(16)7-5-12/h4-7,10-11,17H,8-9H2,1-3H3. The quantitative estimate of drug-likeness (QED) is 0.896. The largest absolute Gasteiger partial charge is 0.312 e. The van der Waals surface area contributed by atoms with Crippen LogP contribution in [0.15, 0.2) is 30.5 Å². The van der Waals surface area contributed by atoms with Crippen LogP contribution < -0.4 is 5.32 Å². The van der Waals surface area contributed by atoms with Crippen LogP contribution in [0.4, 0.5) is 4.39 Å². The minimum absolute atomic E-state index is 0.223. The fraction of sp³-hybridized carbons (Fsp3) is 0.400. The number of halogens is 1. The molecule has 0 saturated heterocycles. The van der Waals surface area contributed by atoms with Crippen molar-refractivity contribution in [2.75, 3.05) is 6.54 Å². The molecule has 0 unspecified atom stereocenters. The van der Waals surface area contributed by atoms with Crippen molar-refractivity contribution in [1.29, 1.82) is 0 Å². The van der Waals surface area contributed by atoms with Crippen molar-refractivity contribution in [2.24, 2.45) is 13.0 Å². The number of nitrogens with one attached hydrogen (secondary N) is 1. The molecule has 2 aromatic rings. The first-order valence-corrected chi connectivity index (χ1v) is 6.55. The van der Waals surface area contributed by atoms with Gasteiger partial charge >= 0.3 is 0 Å². The molecule has 3 nitrogen and oxygen atoms in total. The summed E-state index contributed by atoms with van der Waals surface area (Å²) in [6, 6.07) is 6.47. The molecule has 102 valence electrons. The zero-order chi connectivity index (χ0) is 13.8. The molecule has 4 heteroatoms. The van der Waals surface area contributed by atoms with Gasteiger partial charge in [-0.2, -0.15) is 5.10 Å². The average Bonchev–Trinajstić information content (AvgIpc) is 2.71. The highest BCUT2D eigenvalue weighted by molar-refractivity contribution is 5.62. The minimum Gasteiger partial charge on any atom is -0.312 e. The third-order valence-corrected chi connectivity index (χ3v) is 2.89. The number of rotatable bonds is 5. The van der Waals surface area contributed by atoms with Gasteiger partial charge in [0.05, 0.1) is 5.69 Å². The molecule has 1 aromatic carbocycles. The van der Waals surface area contributed by atoms with E-state index in [-0.39, 0.29) is 5.82 Å². The lowest BCUT2D eigenvalue weighted by atomic mass is 10.1. The van der Waals surface area contributed by atoms with E-state index in [9.17, 15) is 4.39 Å². The van der Waals surface area contributed by atoms with Gasteiger partial charge in [0, 0.05) is 30.9 Å². The summed E-state index contributed by atoms with van der Waals surface area (Å²) in [4.78, 5) is 0. The summed E-state index contributed by atoms with van der Waals surface area (Å²) in [7, 11) is 1.90. The molecule has 1 heterocycles. The fourth-order valence-corrected chi connectivity index (χ4v) is 2.01. The van der Waals surface area contributed by atoms with Crippen molar-refractivity contribution >= 4 is 0 Å². The maximum atomic E-state index is 13.0. The van der Waals surface area contributed by atoms with Gasteiger partial charge in [-0.1, -0.05) is 13.8 Å². The van der Waals surface area contributed by atoms with Crippen LogP contribution >= 0.6 is 0 Å². The first kappa shape index (κ1) is 13.7. The van der Waals surface area contributed by atoms with Gasteiger partial charge in [0.1, 0.15) is 5.82 Å². The molecule has 19 heavy (non-hydrogen) atoms. The van der Waals surface area contributed by atoms with Crippen LogP contribution in [0.5, 0.6) is 0 Å². The molecule has 0 spiro atoms. The highest BCUT2D eigenvalue weighted by atomic mass is 19.1. The molecular weight excluding hydrogens is 241 g/mol. The summed E-state index contributed by atoms with van der Waals surface area (Å²) in [5, 5.41) is 7.87. The zero-order valence-electron chi connectivity index (χ0n) is 11.7. The van der Waals surface area contributed by atoms with Crippen LogP contribution in [0.2, 0.25) is 0 Å². The van der Waals surface area contributed by atoms with Crippen LogP contribution in [0.3, 0.4) is 0 Å². The summed E-state index contributed by atoms with van der Waals surface area (Å²) in [5.41, 5.74) is 3.00. The number of aryl methyl sites for hydroxylation is 1. The SMILES string of the molecule is CC(C)CNCc1cn(C)nc1-c1ccc(F)cc1. The van der Waals surface area contributed by atoms with Gasteiger partial charge in [0.15, 0.2) is 0 Å². The van der Waals surface area contributed by atoms with Crippen molar-refractivity contribution in [2.45, 2.75) is 20.4 Å². The van der Waals surface area contributed by atoms with Crippen LogP contribution in [-0.4, -0.2) is 16.3 Å². The lowest BCUT2D eigenvalue weighted by molar-refractivity contribution is 0.552. The van der Waals surface area contributed by atoms with Gasteiger partial charge in [0.2, 0.25) is 0 Å². The molecule has 1 aromatic heterocycles. The third-order valence-electron chi connectivity index (χ3n) is 2.89. The van der Waals surface area contributed by atoms with Gasteiger partial charge < -0.3 is 5.32 Å². The average molecular weight is 261 g/mol. The van der Waals surface area contributed by atoms with Crippen molar-refractivity contribution in [1.82, 2.24) is 15.1 Å². The fourth-order valence-electron chi connectivity index (χ4n) is 2.01. The van der Waals surface area contributed by atoms with E-state index in [0.717, 1.165) is 29.9 Å². The van der Waals surface area contributed by atoms with E-state index in [1.807, 2.05) is 13.2 Å². The van der Waals surface area contributed by atoms with Gasteiger partial charge in [0.25, 0.3) is 0 Å². The molecule has 0 atom stereocenters. The highest BCUT2D eigenvalue weighted by Crippen LogP contribution is 2.22. The first-order chi connectivity index (χ1) is 9.06. The summed E-state index contributed by atoms with van der Waals surface area (Å²) in [5.74, 6) is 0.394. The van der Waals surface area contributed by atoms with Crippen molar-refractivity contribution in [3.05, 3.63) is 41.8 Å². The molecule has 0 fully saturated rings. The Morgan fingerprint density at radius 2 is 1.95 bits per heavy atom. The lowest BCUT2D eigenvalue weighted by Gasteiger charge is -2.07. The Morgan fingerprint density at radius 3 is 2.58 bits per heavy atom. The molecule has 0 aliphatic carbocycles.